The van der Waals surface area contributed by atoms with Gasteiger partial charge in [0.2, 0.25) is 0 Å². The molecule has 3 aromatic heterocycles. The molecular weight excluding hydrogens is 344 g/mol. The van der Waals surface area contributed by atoms with Crippen LogP contribution in [0.15, 0.2) is 47.9 Å². The van der Waals surface area contributed by atoms with Crippen LogP contribution in [0, 0.1) is 0 Å². The molecule has 27 heavy (non-hydrogen) atoms. The van der Waals surface area contributed by atoms with Crippen LogP contribution in [0.1, 0.15) is 36.7 Å². The second kappa shape index (κ2) is 7.16. The van der Waals surface area contributed by atoms with Crippen molar-refractivity contribution in [3.05, 3.63) is 59.7 Å². The van der Waals surface area contributed by atoms with E-state index in [4.69, 9.17) is 9.94 Å². The van der Waals surface area contributed by atoms with Crippen LogP contribution in [0.2, 0.25) is 0 Å². The zero-order valence-electron chi connectivity index (χ0n) is 15.1. The molecule has 8 nitrogen and oxygen atoms in total. The largest absolute Gasteiger partial charge is 0.393 e. The number of aliphatic hydroxyl groups is 1. The molecule has 8 heteroatoms. The fourth-order valence-corrected chi connectivity index (χ4v) is 3.01. The summed E-state index contributed by atoms with van der Waals surface area (Å²) in [7, 11) is 0. The lowest BCUT2D eigenvalue weighted by atomic mass is 9.97. The van der Waals surface area contributed by atoms with Crippen LogP contribution in [0.5, 0.6) is 0 Å². The van der Waals surface area contributed by atoms with E-state index in [0.717, 1.165) is 27.8 Å². The number of aromatic nitrogens is 5. The molecule has 0 saturated carbocycles. The Labute approximate surface area is 155 Å². The molecule has 0 spiro atoms. The minimum Gasteiger partial charge on any atom is -0.393 e. The molecule has 0 aliphatic carbocycles. The van der Waals surface area contributed by atoms with Gasteiger partial charge >= 0.3 is 0 Å². The first kappa shape index (κ1) is 17.2. The topological polar surface area (TPSA) is 101 Å². The van der Waals surface area contributed by atoms with Crippen LogP contribution < -0.4 is 0 Å². The van der Waals surface area contributed by atoms with Gasteiger partial charge in [0.05, 0.1) is 30.2 Å². The summed E-state index contributed by atoms with van der Waals surface area (Å²) in [5, 5.41) is 25.6. The van der Waals surface area contributed by atoms with E-state index in [1.807, 2.05) is 42.0 Å². The molecule has 2 N–H and O–H groups in total. The van der Waals surface area contributed by atoms with Crippen LogP contribution in [-0.2, 0) is 4.84 Å². The maximum Gasteiger partial charge on any atom is 0.153 e. The molecule has 1 atom stereocenters. The highest BCUT2D eigenvalue weighted by Crippen LogP contribution is 2.26. The summed E-state index contributed by atoms with van der Waals surface area (Å²) < 4.78 is 1.84. The number of fused-ring (bicyclic) bond motifs is 2. The van der Waals surface area contributed by atoms with E-state index < -0.39 is 0 Å². The highest BCUT2D eigenvalue weighted by Gasteiger charge is 2.16. The van der Waals surface area contributed by atoms with Crippen molar-refractivity contribution in [3.8, 4) is 0 Å². The minimum absolute atomic E-state index is 0.0760. The zero-order chi connectivity index (χ0) is 18.8. The Morgan fingerprint density at radius 2 is 2.19 bits per heavy atom. The second-order valence-corrected chi connectivity index (χ2v) is 6.34. The highest BCUT2D eigenvalue weighted by atomic mass is 16.6. The summed E-state index contributed by atoms with van der Waals surface area (Å²) in [5.41, 5.74) is 5.26. The highest BCUT2D eigenvalue weighted by molar-refractivity contribution is 5.96. The Morgan fingerprint density at radius 3 is 3.04 bits per heavy atom. The van der Waals surface area contributed by atoms with Gasteiger partial charge in [-0.3, -0.25) is 5.10 Å². The number of H-pyrrole nitrogens is 1. The van der Waals surface area contributed by atoms with Crippen LogP contribution >= 0.6 is 0 Å². The Morgan fingerprint density at radius 1 is 1.30 bits per heavy atom. The van der Waals surface area contributed by atoms with Crippen molar-refractivity contribution >= 4 is 22.3 Å². The van der Waals surface area contributed by atoms with Gasteiger partial charge in [-0.2, -0.15) is 10.2 Å². The molecule has 0 aliphatic heterocycles. The number of hydrogen-bond acceptors (Lipinski definition) is 6. The fourth-order valence-electron chi connectivity index (χ4n) is 3.01. The Kier molecular flexibility index (Phi) is 4.55. The number of nitrogens with one attached hydrogen (secondary N) is 1. The Balaban J connectivity index is 1.70. The molecule has 0 fully saturated rings. The monoisotopic (exact) mass is 364 g/mol. The van der Waals surface area contributed by atoms with Crippen LogP contribution in [-0.4, -0.2) is 48.8 Å². The maximum atomic E-state index is 8.79. The van der Waals surface area contributed by atoms with Gasteiger partial charge in [0.25, 0.3) is 0 Å². The Hall–Kier alpha value is -3.26. The first-order valence-corrected chi connectivity index (χ1v) is 8.73. The lowest BCUT2D eigenvalue weighted by molar-refractivity contribution is 0.0986. The molecule has 0 bridgehead atoms. The van der Waals surface area contributed by atoms with E-state index >= 15 is 0 Å². The van der Waals surface area contributed by atoms with E-state index in [9.17, 15) is 0 Å². The predicted octanol–water partition coefficient (Wildman–Crippen LogP) is 2.49. The van der Waals surface area contributed by atoms with Gasteiger partial charge in [-0.15, -0.1) is 0 Å². The van der Waals surface area contributed by atoms with Crippen molar-refractivity contribution in [3.63, 3.8) is 0 Å². The second-order valence-electron chi connectivity index (χ2n) is 6.34. The summed E-state index contributed by atoms with van der Waals surface area (Å²) in [6, 6.07) is 10.0. The van der Waals surface area contributed by atoms with Gasteiger partial charge in [-0.25, -0.2) is 9.50 Å². The molecule has 1 unspecified atom stereocenters. The molecule has 0 radical (unpaired) electrons. The van der Waals surface area contributed by atoms with Crippen LogP contribution in [0.4, 0.5) is 0 Å². The zero-order valence-corrected chi connectivity index (χ0v) is 15.1. The number of hydrogen-bond donors (Lipinski definition) is 2. The SMILES string of the molecule is C/C(=N\OCCO)c1ccc2ncc(C(C)c3ccc4[nH]ncc4c3)n2n1. The van der Waals surface area contributed by atoms with Crippen LogP contribution in [0.3, 0.4) is 0 Å². The number of oxime groups is 1. The molecule has 1 aromatic carbocycles. The number of nitrogens with zero attached hydrogens (tertiary/aromatic N) is 5. The number of benzene rings is 1. The smallest absolute Gasteiger partial charge is 0.153 e. The number of imidazole rings is 1. The molecule has 0 saturated heterocycles. The van der Waals surface area contributed by atoms with Crippen molar-refractivity contribution in [2.24, 2.45) is 5.16 Å². The van der Waals surface area contributed by atoms with E-state index in [1.165, 1.54) is 0 Å². The van der Waals surface area contributed by atoms with Gasteiger partial charge in [-0.05, 0) is 36.8 Å². The third kappa shape index (κ3) is 3.26. The molecule has 0 amide bonds. The first-order chi connectivity index (χ1) is 13.2. The normalized spacial score (nSPS) is 13.4. The van der Waals surface area contributed by atoms with Crippen molar-refractivity contribution in [1.29, 1.82) is 0 Å². The van der Waals surface area contributed by atoms with Gasteiger partial charge in [0.15, 0.2) is 5.65 Å². The number of rotatable bonds is 6. The summed E-state index contributed by atoms with van der Waals surface area (Å²) in [4.78, 5) is 9.51. The molecule has 138 valence electrons. The third-order valence-corrected chi connectivity index (χ3v) is 4.55. The molecule has 4 rings (SSSR count). The van der Waals surface area contributed by atoms with Crippen molar-refractivity contribution < 1.29 is 9.94 Å². The van der Waals surface area contributed by atoms with Gasteiger partial charge in [0.1, 0.15) is 18.0 Å². The summed E-state index contributed by atoms with van der Waals surface area (Å²) in [6.45, 7) is 4.03. The average molecular weight is 364 g/mol. The standard InChI is InChI=1S/C19H20N6O2/c1-12(14-3-4-17-15(9-14)10-21-22-17)18-11-20-19-6-5-16(23-25(18)19)13(2)24-27-8-7-26/h3-6,9-12,26H,7-8H2,1-2H3,(H,21,22)/b24-13+. The molecule has 4 aromatic rings. The molecular formula is C19H20N6O2. The third-order valence-electron chi connectivity index (χ3n) is 4.55. The van der Waals surface area contributed by atoms with Gasteiger partial charge < -0.3 is 9.94 Å². The fraction of sp³-hybridized carbons (Fsp3) is 0.263. The average Bonchev–Trinajstić information content (AvgIpc) is 3.33. The molecule has 3 heterocycles. The predicted molar refractivity (Wildman–Crippen MR) is 102 cm³/mol. The summed E-state index contributed by atoms with van der Waals surface area (Å²) in [5.74, 6) is 0.102. The number of aliphatic hydroxyl groups excluding tert-OH is 1. The van der Waals surface area contributed by atoms with E-state index in [-0.39, 0.29) is 19.1 Å². The van der Waals surface area contributed by atoms with Crippen molar-refractivity contribution in [2.45, 2.75) is 19.8 Å². The summed E-state index contributed by atoms with van der Waals surface area (Å²) >= 11 is 0. The quantitative estimate of drug-likeness (QED) is 0.311. The first-order valence-electron chi connectivity index (χ1n) is 8.73. The maximum absolute atomic E-state index is 8.79. The number of aromatic amines is 1. The van der Waals surface area contributed by atoms with Crippen molar-refractivity contribution in [2.75, 3.05) is 13.2 Å². The Bertz CT molecular complexity index is 1110. The van der Waals surface area contributed by atoms with Crippen LogP contribution in [0.25, 0.3) is 16.6 Å². The summed E-state index contributed by atoms with van der Waals surface area (Å²) in [6.07, 6.45) is 3.67. The lowest BCUT2D eigenvalue weighted by Gasteiger charge is -2.12. The van der Waals surface area contributed by atoms with Gasteiger partial charge in [-0.1, -0.05) is 18.1 Å². The minimum atomic E-state index is -0.0760. The van der Waals surface area contributed by atoms with Crippen molar-refractivity contribution in [1.82, 2.24) is 24.8 Å². The van der Waals surface area contributed by atoms with Gasteiger partial charge in [0, 0.05) is 11.3 Å². The molecule has 0 aliphatic rings. The lowest BCUT2D eigenvalue weighted by Crippen LogP contribution is -2.08. The van der Waals surface area contributed by atoms with E-state index in [1.54, 1.807) is 0 Å². The van der Waals surface area contributed by atoms with E-state index in [0.29, 0.717) is 11.4 Å². The van der Waals surface area contributed by atoms with E-state index in [2.05, 4.69) is 44.5 Å².